The minimum Gasteiger partial charge on any atom is -0.394 e. The van der Waals surface area contributed by atoms with E-state index in [-0.39, 0.29) is 36.7 Å². The Hall–Kier alpha value is -1.73. The number of benzene rings is 1. The molecular weight excluding hydrogens is 350 g/mol. The van der Waals surface area contributed by atoms with E-state index in [9.17, 15) is 14.7 Å². The van der Waals surface area contributed by atoms with Gasteiger partial charge in [-0.3, -0.25) is 4.79 Å². The number of hydrogen-bond acceptors (Lipinski definition) is 4. The van der Waals surface area contributed by atoms with Gasteiger partial charge in [-0.2, -0.15) is 11.8 Å². The number of thioether (sulfide) groups is 1. The quantitative estimate of drug-likeness (QED) is 0.387. The Morgan fingerprint density at radius 3 is 2.85 bits per heavy atom. The molecule has 3 amide bonds. The average molecular weight is 378 g/mol. The lowest BCUT2D eigenvalue weighted by Crippen LogP contribution is -2.39. The van der Waals surface area contributed by atoms with Crippen molar-refractivity contribution in [2.45, 2.75) is 55.5 Å². The van der Waals surface area contributed by atoms with Gasteiger partial charge in [0.15, 0.2) is 0 Å². The predicted octanol–water partition coefficient (Wildman–Crippen LogP) is 1.43. The summed E-state index contributed by atoms with van der Waals surface area (Å²) in [6, 6.07) is 10.0. The molecule has 3 unspecified atom stereocenters. The Morgan fingerprint density at radius 1 is 1.27 bits per heavy atom. The highest BCUT2D eigenvalue weighted by Gasteiger charge is 2.42. The normalized spacial score (nSPS) is 25.3. The summed E-state index contributed by atoms with van der Waals surface area (Å²) in [5.74, 6) is 0.958. The number of rotatable bonds is 9. The van der Waals surface area contributed by atoms with Crippen LogP contribution in [0.1, 0.15) is 31.2 Å². The van der Waals surface area contributed by atoms with Crippen LogP contribution in [0.15, 0.2) is 30.3 Å². The summed E-state index contributed by atoms with van der Waals surface area (Å²) >= 11 is 1.90. The molecule has 2 saturated heterocycles. The number of carbonyl (C=O) groups excluding carboxylic acids is 2. The third-order valence-electron chi connectivity index (χ3n) is 4.99. The third kappa shape index (κ3) is 5.14. The topological polar surface area (TPSA) is 90.5 Å². The maximum Gasteiger partial charge on any atom is 0.315 e. The molecule has 3 rings (SSSR count). The zero-order chi connectivity index (χ0) is 18.4. The second-order valence-corrected chi connectivity index (χ2v) is 8.28. The van der Waals surface area contributed by atoms with Gasteiger partial charge in [0.25, 0.3) is 0 Å². The lowest BCUT2D eigenvalue weighted by atomic mass is 10.0. The van der Waals surface area contributed by atoms with Gasteiger partial charge in [0.05, 0.1) is 24.7 Å². The van der Waals surface area contributed by atoms with Crippen molar-refractivity contribution in [1.82, 2.24) is 16.0 Å². The summed E-state index contributed by atoms with van der Waals surface area (Å²) in [6.45, 7) is -0.0604. The molecule has 0 aromatic heterocycles. The molecule has 1 aromatic rings. The molecular formula is C19H27N3O3S. The maximum absolute atomic E-state index is 12.1. The fraction of sp³-hybridized carbons (Fsp3) is 0.579. The van der Waals surface area contributed by atoms with Gasteiger partial charge in [0.2, 0.25) is 5.91 Å². The Bertz CT molecular complexity index is 613. The summed E-state index contributed by atoms with van der Waals surface area (Å²) in [4.78, 5) is 23.5. The third-order valence-corrected chi connectivity index (χ3v) is 6.50. The van der Waals surface area contributed by atoms with E-state index in [2.05, 4.69) is 16.0 Å². The highest BCUT2D eigenvalue weighted by atomic mass is 32.2. The van der Waals surface area contributed by atoms with Gasteiger partial charge < -0.3 is 21.1 Å². The van der Waals surface area contributed by atoms with Crippen LogP contribution in [0.25, 0.3) is 0 Å². The Kier molecular flexibility index (Phi) is 6.80. The fourth-order valence-electron chi connectivity index (χ4n) is 3.63. The zero-order valence-corrected chi connectivity index (χ0v) is 15.6. The standard InChI is InChI=1S/C19H27N3O3S/c23-11-14(10-13-6-2-1-3-7-13)20-17(24)9-5-4-8-16-18-15(12-26-16)21-19(25)22-18/h1-3,6-7,14-16,18,23H,4-5,8-12H2,(H,20,24)(H2,21,22,25)/t14-,15?,16?,18?/m0/s1. The smallest absolute Gasteiger partial charge is 0.315 e. The zero-order valence-electron chi connectivity index (χ0n) is 14.8. The van der Waals surface area contributed by atoms with Gasteiger partial charge >= 0.3 is 6.03 Å². The molecule has 2 fully saturated rings. The van der Waals surface area contributed by atoms with Gasteiger partial charge in [-0.15, -0.1) is 0 Å². The van der Waals surface area contributed by atoms with Crippen molar-refractivity contribution in [1.29, 1.82) is 0 Å². The van der Waals surface area contributed by atoms with Crippen molar-refractivity contribution in [3.8, 4) is 0 Å². The predicted molar refractivity (Wildman–Crippen MR) is 103 cm³/mol. The van der Waals surface area contributed by atoms with Crippen molar-refractivity contribution >= 4 is 23.7 Å². The first-order valence-corrected chi connectivity index (χ1v) is 10.3. The molecule has 1 aromatic carbocycles. The number of amides is 3. The molecule has 0 bridgehead atoms. The van der Waals surface area contributed by atoms with Gasteiger partial charge in [0.1, 0.15) is 0 Å². The molecule has 0 radical (unpaired) electrons. The van der Waals surface area contributed by atoms with E-state index < -0.39 is 0 Å². The largest absolute Gasteiger partial charge is 0.394 e. The molecule has 4 atom stereocenters. The van der Waals surface area contributed by atoms with E-state index in [1.807, 2.05) is 42.1 Å². The number of carbonyl (C=O) groups is 2. The highest BCUT2D eigenvalue weighted by Crippen LogP contribution is 2.33. The van der Waals surface area contributed by atoms with Gasteiger partial charge in [-0.05, 0) is 24.8 Å². The van der Waals surface area contributed by atoms with E-state index in [1.54, 1.807) is 0 Å². The number of aliphatic hydroxyl groups excluding tert-OH is 1. The van der Waals surface area contributed by atoms with Crippen molar-refractivity contribution in [3.63, 3.8) is 0 Å². The van der Waals surface area contributed by atoms with E-state index in [4.69, 9.17) is 0 Å². The maximum atomic E-state index is 12.1. The van der Waals surface area contributed by atoms with Crippen LogP contribution in [0.4, 0.5) is 4.79 Å². The molecule has 2 aliphatic rings. The second-order valence-electron chi connectivity index (χ2n) is 7.00. The lowest BCUT2D eigenvalue weighted by molar-refractivity contribution is -0.122. The SMILES string of the molecule is O=C(CCCCC1SCC2NC(=O)NC21)N[C@H](CO)Cc1ccccc1. The number of urea groups is 1. The first kappa shape index (κ1) is 19.0. The lowest BCUT2D eigenvalue weighted by Gasteiger charge is -2.18. The minimum absolute atomic E-state index is 0.00670. The average Bonchev–Trinajstić information content (AvgIpc) is 3.18. The van der Waals surface area contributed by atoms with E-state index in [0.717, 1.165) is 30.6 Å². The summed E-state index contributed by atoms with van der Waals surface area (Å²) in [7, 11) is 0. The molecule has 6 nitrogen and oxygen atoms in total. The summed E-state index contributed by atoms with van der Waals surface area (Å²) in [6.07, 6.45) is 3.91. The molecule has 0 spiro atoms. The fourth-order valence-corrected chi connectivity index (χ4v) is 5.18. The molecule has 2 heterocycles. The van der Waals surface area contributed by atoms with E-state index in [1.165, 1.54) is 0 Å². The highest BCUT2D eigenvalue weighted by molar-refractivity contribution is 8.00. The van der Waals surface area contributed by atoms with Gasteiger partial charge in [0, 0.05) is 17.4 Å². The van der Waals surface area contributed by atoms with Crippen molar-refractivity contribution in [2.24, 2.45) is 0 Å². The van der Waals surface area contributed by atoms with Crippen LogP contribution in [-0.4, -0.2) is 52.8 Å². The van der Waals surface area contributed by atoms with Crippen LogP contribution in [-0.2, 0) is 11.2 Å². The molecule has 7 heteroatoms. The molecule has 2 aliphatic heterocycles. The molecule has 142 valence electrons. The summed E-state index contributed by atoms with van der Waals surface area (Å²) in [5.41, 5.74) is 1.10. The van der Waals surface area contributed by atoms with Crippen LogP contribution in [0.5, 0.6) is 0 Å². The summed E-state index contributed by atoms with van der Waals surface area (Å²) < 4.78 is 0. The van der Waals surface area contributed by atoms with Gasteiger partial charge in [-0.25, -0.2) is 4.79 Å². The number of nitrogens with one attached hydrogen (secondary N) is 3. The van der Waals surface area contributed by atoms with Crippen molar-refractivity contribution < 1.29 is 14.7 Å². The second kappa shape index (κ2) is 9.28. The number of unbranched alkanes of at least 4 members (excludes halogenated alkanes) is 1. The molecule has 26 heavy (non-hydrogen) atoms. The Labute approximate surface area is 158 Å². The molecule has 0 aliphatic carbocycles. The Morgan fingerprint density at radius 2 is 2.08 bits per heavy atom. The van der Waals surface area contributed by atoms with Crippen molar-refractivity contribution in [3.05, 3.63) is 35.9 Å². The van der Waals surface area contributed by atoms with Crippen LogP contribution >= 0.6 is 11.8 Å². The van der Waals surface area contributed by atoms with E-state index in [0.29, 0.717) is 18.1 Å². The van der Waals surface area contributed by atoms with Crippen LogP contribution < -0.4 is 16.0 Å². The minimum atomic E-state index is -0.240. The van der Waals surface area contributed by atoms with Gasteiger partial charge in [-0.1, -0.05) is 36.8 Å². The number of aliphatic hydroxyl groups is 1. The first-order chi connectivity index (χ1) is 12.7. The summed E-state index contributed by atoms with van der Waals surface area (Å²) in [5, 5.41) is 18.8. The monoisotopic (exact) mass is 377 g/mol. The molecule has 4 N–H and O–H groups in total. The van der Waals surface area contributed by atoms with Crippen LogP contribution in [0, 0.1) is 0 Å². The molecule has 0 saturated carbocycles. The Balaban J connectivity index is 1.33. The number of fused-ring (bicyclic) bond motifs is 1. The van der Waals surface area contributed by atoms with Crippen molar-refractivity contribution in [2.75, 3.05) is 12.4 Å². The van der Waals surface area contributed by atoms with Crippen LogP contribution in [0.3, 0.4) is 0 Å². The van der Waals surface area contributed by atoms with Crippen LogP contribution in [0.2, 0.25) is 0 Å². The number of hydrogen-bond donors (Lipinski definition) is 4. The van der Waals surface area contributed by atoms with E-state index >= 15 is 0 Å². The first-order valence-electron chi connectivity index (χ1n) is 9.28.